The van der Waals surface area contributed by atoms with E-state index >= 15 is 0 Å². The maximum Gasteiger partial charge on any atom is 0.260 e. The highest BCUT2D eigenvalue weighted by atomic mass is 16.5. The average molecular weight is 1020 g/mol. The van der Waals surface area contributed by atoms with Gasteiger partial charge in [0.05, 0.1) is 37.0 Å². The summed E-state index contributed by atoms with van der Waals surface area (Å²) >= 11 is 0. The number of para-hydroxylation sites is 2. The Morgan fingerprint density at radius 1 is 0.747 bits per heavy atom. The summed E-state index contributed by atoms with van der Waals surface area (Å²) in [6.07, 6.45) is 6.11. The molecule has 0 saturated heterocycles. The van der Waals surface area contributed by atoms with E-state index in [1.165, 1.54) is 11.1 Å². The van der Waals surface area contributed by atoms with Crippen LogP contribution in [-0.2, 0) is 51.7 Å². The molecule has 15 nitrogen and oxygen atoms in total. The number of ether oxygens (including phenoxy) is 3. The van der Waals surface area contributed by atoms with Crippen LogP contribution in [0.1, 0.15) is 113 Å². The number of amides is 4. The second-order valence-electron chi connectivity index (χ2n) is 20.3. The van der Waals surface area contributed by atoms with Crippen molar-refractivity contribution >= 4 is 64.2 Å². The fourth-order valence-corrected chi connectivity index (χ4v) is 10.9. The first-order valence-electron chi connectivity index (χ1n) is 26.1. The minimum atomic E-state index is -0.808. The number of hydrogen-bond donors (Lipinski definition) is 2. The normalized spacial score (nSPS) is 17.1. The van der Waals surface area contributed by atoms with Crippen LogP contribution >= 0.6 is 0 Å². The van der Waals surface area contributed by atoms with Crippen LogP contribution in [-0.4, -0.2) is 86.8 Å². The van der Waals surface area contributed by atoms with E-state index in [0.717, 1.165) is 53.0 Å². The van der Waals surface area contributed by atoms with E-state index in [2.05, 4.69) is 32.7 Å². The quantitative estimate of drug-likeness (QED) is 0.0566. The van der Waals surface area contributed by atoms with Crippen molar-refractivity contribution in [2.24, 2.45) is 10.9 Å². The van der Waals surface area contributed by atoms with Crippen molar-refractivity contribution in [2.45, 2.75) is 117 Å². The number of benzene rings is 5. The van der Waals surface area contributed by atoms with Gasteiger partial charge in [0.2, 0.25) is 11.8 Å². The Morgan fingerprint density at radius 3 is 2.08 bits per heavy atom. The van der Waals surface area contributed by atoms with Crippen molar-refractivity contribution in [1.82, 2.24) is 5.32 Å². The zero-order valence-corrected chi connectivity index (χ0v) is 43.7. The summed E-state index contributed by atoms with van der Waals surface area (Å²) in [4.78, 5) is 90.1. The molecule has 4 aliphatic rings. The van der Waals surface area contributed by atoms with Crippen LogP contribution in [0, 0.1) is 12.8 Å². The third-order valence-corrected chi connectivity index (χ3v) is 14.9. The van der Waals surface area contributed by atoms with E-state index in [1.54, 1.807) is 40.2 Å². The summed E-state index contributed by atoms with van der Waals surface area (Å²) in [6, 6.07) is 28.5. The van der Waals surface area contributed by atoms with Gasteiger partial charge in [-0.2, -0.15) is 0 Å². The zero-order valence-electron chi connectivity index (χ0n) is 43.7. The topological polar surface area (TPSA) is 176 Å². The highest BCUT2D eigenvalue weighted by Gasteiger charge is 2.40. The molecule has 0 aromatic heterocycles. The molecule has 15 heteroatoms. The summed E-state index contributed by atoms with van der Waals surface area (Å²) in [5, 5.41) is 5.76. The maximum absolute atomic E-state index is 14.2. The summed E-state index contributed by atoms with van der Waals surface area (Å²) in [5.41, 5.74) is 9.78. The van der Waals surface area contributed by atoms with Gasteiger partial charge in [-0.05, 0) is 147 Å². The smallest absolute Gasteiger partial charge is 0.260 e. The lowest BCUT2D eigenvalue weighted by atomic mass is 9.99. The molecule has 2 N–H and O–H groups in total. The number of aliphatic imine (C=N–C) groups is 1. The summed E-state index contributed by atoms with van der Waals surface area (Å²) in [6.45, 7) is 7.92. The number of anilines is 4. The predicted octanol–water partition coefficient (Wildman–Crippen LogP) is 8.96. The second kappa shape index (κ2) is 22.8. The highest BCUT2D eigenvalue weighted by Crippen LogP contribution is 2.42. The molecule has 4 heterocycles. The van der Waals surface area contributed by atoms with E-state index in [0.29, 0.717) is 71.9 Å². The van der Waals surface area contributed by atoms with Gasteiger partial charge in [0.25, 0.3) is 11.8 Å². The molecule has 4 amide bonds. The minimum Gasteiger partial charge on any atom is -0.493 e. The van der Waals surface area contributed by atoms with Gasteiger partial charge < -0.3 is 39.5 Å². The Hall–Kier alpha value is -7.81. The maximum atomic E-state index is 14.2. The molecule has 390 valence electrons. The largest absolute Gasteiger partial charge is 0.493 e. The van der Waals surface area contributed by atoms with E-state index in [-0.39, 0.29) is 79.9 Å². The van der Waals surface area contributed by atoms with E-state index in [4.69, 9.17) is 14.2 Å². The van der Waals surface area contributed by atoms with Crippen LogP contribution in [0.5, 0.6) is 17.2 Å². The predicted molar refractivity (Wildman–Crippen MR) is 290 cm³/mol. The van der Waals surface area contributed by atoms with Crippen LogP contribution in [0.4, 0.5) is 22.7 Å². The molecule has 75 heavy (non-hydrogen) atoms. The first-order chi connectivity index (χ1) is 36.2. The van der Waals surface area contributed by atoms with Gasteiger partial charge in [-0.15, -0.1) is 0 Å². The SMILES string of the molecule is CC=NCC(=O)CCCCC(=O)N[C@@H](C)C(=O)C[C@@H](C)C(=O)Nc1cc(COc2cc3c(cc2C)C(=O)N2c4ccccc4C[C@H]2CN3C)cc(COc2cc3c(cc2OC)C(=O)N2c4ccccc4C[C@H]2CC3)c1. The molecule has 0 unspecified atom stereocenters. The Bertz CT molecular complexity index is 3080. The molecule has 0 saturated carbocycles. The van der Waals surface area contributed by atoms with Crippen LogP contribution in [0.25, 0.3) is 0 Å². The molecule has 0 aliphatic carbocycles. The van der Waals surface area contributed by atoms with Crippen LogP contribution < -0.4 is 39.5 Å². The van der Waals surface area contributed by atoms with Crippen molar-refractivity contribution < 1.29 is 43.0 Å². The van der Waals surface area contributed by atoms with Crippen LogP contribution in [0.2, 0.25) is 0 Å². The third kappa shape index (κ3) is 11.5. The van der Waals surface area contributed by atoms with Crippen molar-refractivity contribution in [3.8, 4) is 17.2 Å². The molecule has 5 aromatic carbocycles. The fourth-order valence-electron chi connectivity index (χ4n) is 10.9. The summed E-state index contributed by atoms with van der Waals surface area (Å²) in [5.74, 6) is -0.296. The van der Waals surface area contributed by atoms with E-state index < -0.39 is 12.0 Å². The number of carbonyl (C=O) groups excluding carboxylic acids is 6. The molecule has 0 bridgehead atoms. The number of nitrogens with zero attached hydrogens (tertiary/aromatic N) is 4. The average Bonchev–Trinajstić information content (AvgIpc) is 3.90. The summed E-state index contributed by atoms with van der Waals surface area (Å²) < 4.78 is 18.9. The van der Waals surface area contributed by atoms with Gasteiger partial charge in [0, 0.05) is 73.5 Å². The van der Waals surface area contributed by atoms with E-state index in [1.807, 2.05) is 96.6 Å². The standard InChI is InChI=1S/C60H66N6O9/c1-7-61-32-47(67)16-10-13-19-57(69)62-38(4)53(68)23-37(3)58(70)63-44-25-39(34-74-54-31-52-49(22-36(54)2)60(72)66-46(33-64(52)5)28-43-15-9-12-18-51(43)66)24-40(26-44)35-75-56-29-41-20-21-45-27-42-14-8-11-17-50(42)65(45)59(71)48(41)30-55(56)73-6/h7-9,11-12,14-15,17-18,22,24-26,29-31,37-38,45-46H,10,13,16,19-21,23,27-28,32-35H2,1-6H3,(H,62,69)(H,63,70)/t37-,38+,45-,46+/m1/s1. The number of nitrogens with one attached hydrogen (secondary N) is 2. The number of fused-ring (bicyclic) bond motifs is 8. The molecular weight excluding hydrogens is 949 g/mol. The number of likely N-dealkylation sites (N-methyl/N-ethyl adjacent to an activating group) is 1. The number of hydrogen-bond acceptors (Lipinski definition) is 11. The molecule has 0 radical (unpaired) electrons. The van der Waals surface area contributed by atoms with Crippen molar-refractivity contribution in [2.75, 3.05) is 47.3 Å². The van der Waals surface area contributed by atoms with E-state index in [9.17, 15) is 28.8 Å². The zero-order chi connectivity index (χ0) is 52.9. The Balaban J connectivity index is 0.912. The van der Waals surface area contributed by atoms with Crippen molar-refractivity contribution in [3.63, 3.8) is 0 Å². The Morgan fingerprint density at radius 2 is 1.39 bits per heavy atom. The first-order valence-corrected chi connectivity index (χ1v) is 26.1. The fraction of sp³-hybridized carbons (Fsp3) is 0.383. The minimum absolute atomic E-state index is 0.00102. The van der Waals surface area contributed by atoms with Gasteiger partial charge in [0.15, 0.2) is 23.1 Å². The number of aryl methyl sites for hydroxylation is 2. The lowest BCUT2D eigenvalue weighted by Crippen LogP contribution is -2.41. The number of Topliss-reactive ketones (excluding diaryl/α,β-unsaturated/α-hetero) is 2. The summed E-state index contributed by atoms with van der Waals surface area (Å²) in [7, 11) is 3.55. The number of methoxy groups -OCH3 is 1. The Labute approximate surface area is 438 Å². The van der Waals surface area contributed by atoms with Gasteiger partial charge in [-0.1, -0.05) is 43.3 Å². The van der Waals surface area contributed by atoms with Crippen molar-refractivity contribution in [3.05, 3.63) is 136 Å². The Kier molecular flexibility index (Phi) is 15.8. The van der Waals surface area contributed by atoms with Crippen LogP contribution in [0.15, 0.2) is 96.0 Å². The van der Waals surface area contributed by atoms with Crippen LogP contribution in [0.3, 0.4) is 0 Å². The molecule has 0 spiro atoms. The molecule has 4 atom stereocenters. The van der Waals surface area contributed by atoms with Crippen molar-refractivity contribution in [1.29, 1.82) is 0 Å². The number of ketones is 2. The van der Waals surface area contributed by atoms with Gasteiger partial charge in [-0.3, -0.25) is 33.8 Å². The number of rotatable bonds is 20. The number of carbonyl (C=O) groups is 6. The van der Waals surface area contributed by atoms with Gasteiger partial charge in [-0.25, -0.2) is 0 Å². The molecular formula is C60H66N6O9. The monoisotopic (exact) mass is 1010 g/mol. The highest BCUT2D eigenvalue weighted by molar-refractivity contribution is 6.12. The van der Waals surface area contributed by atoms with Gasteiger partial charge >= 0.3 is 0 Å². The lowest BCUT2D eigenvalue weighted by Gasteiger charge is -2.25. The molecule has 4 aliphatic heterocycles. The number of unbranched alkanes of at least 4 members (excludes halogenated alkanes) is 1. The molecule has 9 rings (SSSR count). The molecule has 5 aromatic rings. The second-order valence-corrected chi connectivity index (χ2v) is 20.3. The van der Waals surface area contributed by atoms with Gasteiger partial charge in [0.1, 0.15) is 19.0 Å². The first kappa shape index (κ1) is 52.1. The molecule has 0 fully saturated rings. The lowest BCUT2D eigenvalue weighted by molar-refractivity contribution is -0.129. The third-order valence-electron chi connectivity index (χ3n) is 14.9.